The Morgan fingerprint density at radius 1 is 1.11 bits per heavy atom. The second-order valence-corrected chi connectivity index (χ2v) is 9.49. The molecule has 5 rings (SSSR count). The molecule has 8 nitrogen and oxygen atoms in total. The summed E-state index contributed by atoms with van der Waals surface area (Å²) in [5, 5.41) is 1.11. The van der Waals surface area contributed by atoms with E-state index in [0.29, 0.717) is 13.1 Å². The topological polar surface area (TPSA) is 90.7 Å². The van der Waals surface area contributed by atoms with Crippen molar-refractivity contribution in [1.82, 2.24) is 19.8 Å². The molecule has 0 aliphatic carbocycles. The van der Waals surface area contributed by atoms with Crippen molar-refractivity contribution in [3.05, 3.63) is 47.8 Å². The summed E-state index contributed by atoms with van der Waals surface area (Å²) in [6.07, 6.45) is 0.664. The first-order chi connectivity index (χ1) is 17.2. The second kappa shape index (κ2) is 9.53. The van der Waals surface area contributed by atoms with Gasteiger partial charge in [-0.1, -0.05) is 0 Å². The van der Waals surface area contributed by atoms with Gasteiger partial charge in [0.2, 0.25) is 0 Å². The van der Waals surface area contributed by atoms with Gasteiger partial charge in [-0.2, -0.15) is 0 Å². The van der Waals surface area contributed by atoms with E-state index in [0.717, 1.165) is 67.9 Å². The van der Waals surface area contributed by atoms with E-state index in [2.05, 4.69) is 37.6 Å². The summed E-state index contributed by atoms with van der Waals surface area (Å²) < 4.78 is 41.3. The Balaban J connectivity index is 1.26. The van der Waals surface area contributed by atoms with E-state index in [-0.39, 0.29) is 23.1 Å². The van der Waals surface area contributed by atoms with Gasteiger partial charge in [0, 0.05) is 62.6 Å². The number of hydrogen-bond donors (Lipinski definition) is 2. The van der Waals surface area contributed by atoms with Crippen LogP contribution in [0.2, 0.25) is 0 Å². The molecule has 3 aromatic rings. The molecule has 0 radical (unpaired) electrons. The summed E-state index contributed by atoms with van der Waals surface area (Å²) in [4.78, 5) is 27.3. The minimum absolute atomic E-state index is 0.0389. The Morgan fingerprint density at radius 3 is 2.50 bits per heavy atom. The minimum atomic E-state index is -4.82. The number of fused-ring (bicyclic) bond motifs is 1. The number of piperazine rings is 1. The Hall–Kier alpha value is -3.47. The number of ether oxygens (including phenoxy) is 1. The highest BCUT2D eigenvalue weighted by molar-refractivity contribution is 5.99. The molecule has 0 saturated carbocycles. The number of pyridine rings is 1. The number of amides is 1. The number of nitrogen functional groups attached to an aromatic ring is 1. The molecule has 2 aromatic heterocycles. The van der Waals surface area contributed by atoms with Gasteiger partial charge in [-0.25, -0.2) is 4.98 Å². The number of H-pyrrole nitrogens is 1. The normalized spacial score (nSPS) is 18.1. The van der Waals surface area contributed by atoms with Gasteiger partial charge in [0.1, 0.15) is 11.4 Å². The number of nitrogens with two attached hydrogens (primary N) is 1. The highest BCUT2D eigenvalue weighted by Crippen LogP contribution is 2.35. The fourth-order valence-corrected chi connectivity index (χ4v) is 5.08. The maximum Gasteiger partial charge on any atom is 0.573 e. The quantitative estimate of drug-likeness (QED) is 0.528. The first-order valence-electron chi connectivity index (χ1n) is 12.0. The van der Waals surface area contributed by atoms with Gasteiger partial charge in [0.25, 0.3) is 5.91 Å². The summed E-state index contributed by atoms with van der Waals surface area (Å²) in [6, 6.07) is 5.64. The molecule has 0 atom stereocenters. The second-order valence-electron chi connectivity index (χ2n) is 9.49. The van der Waals surface area contributed by atoms with Gasteiger partial charge < -0.3 is 30.2 Å². The molecule has 2 saturated heterocycles. The van der Waals surface area contributed by atoms with E-state index in [1.807, 2.05) is 12.4 Å². The zero-order valence-corrected chi connectivity index (χ0v) is 20.0. The van der Waals surface area contributed by atoms with Crippen molar-refractivity contribution in [2.45, 2.75) is 25.1 Å². The van der Waals surface area contributed by atoms with Crippen LogP contribution in [0.4, 0.5) is 24.5 Å². The van der Waals surface area contributed by atoms with Crippen molar-refractivity contribution < 1.29 is 22.7 Å². The molecule has 2 aliphatic heterocycles. The summed E-state index contributed by atoms with van der Waals surface area (Å²) >= 11 is 0. The van der Waals surface area contributed by atoms with E-state index in [1.54, 1.807) is 4.90 Å². The van der Waals surface area contributed by atoms with Crippen LogP contribution in [0.25, 0.3) is 11.0 Å². The molecule has 0 spiro atoms. The van der Waals surface area contributed by atoms with Gasteiger partial charge in [0.15, 0.2) is 0 Å². The lowest BCUT2D eigenvalue weighted by molar-refractivity contribution is -0.274. The number of hydrogen-bond acceptors (Lipinski definition) is 6. The molecule has 1 amide bonds. The number of aromatic amines is 1. The lowest BCUT2D eigenvalue weighted by Crippen LogP contribution is -2.44. The van der Waals surface area contributed by atoms with Gasteiger partial charge in [0.05, 0.1) is 17.4 Å². The number of benzene rings is 1. The lowest BCUT2D eigenvalue weighted by Gasteiger charge is -2.34. The van der Waals surface area contributed by atoms with E-state index < -0.39 is 12.1 Å². The molecule has 192 valence electrons. The Labute approximate surface area is 206 Å². The van der Waals surface area contributed by atoms with E-state index >= 15 is 0 Å². The third-order valence-electron chi connectivity index (χ3n) is 7.13. The number of nitrogens with one attached hydrogen (secondary N) is 1. The van der Waals surface area contributed by atoms with Crippen LogP contribution < -0.4 is 15.4 Å². The summed E-state index contributed by atoms with van der Waals surface area (Å²) in [5.41, 5.74) is 9.21. The third kappa shape index (κ3) is 5.06. The van der Waals surface area contributed by atoms with Gasteiger partial charge in [-0.05, 0) is 49.6 Å². The molecule has 2 aliphatic rings. The van der Waals surface area contributed by atoms with Crippen molar-refractivity contribution in [2.24, 2.45) is 0 Å². The maximum absolute atomic E-state index is 13.0. The fraction of sp³-hybridized carbons (Fsp3) is 0.440. The maximum atomic E-state index is 13.0. The Kier molecular flexibility index (Phi) is 6.42. The highest BCUT2D eigenvalue weighted by atomic mass is 19.4. The predicted molar refractivity (Wildman–Crippen MR) is 131 cm³/mol. The largest absolute Gasteiger partial charge is 0.573 e. The van der Waals surface area contributed by atoms with Crippen LogP contribution in [0.5, 0.6) is 5.75 Å². The highest BCUT2D eigenvalue weighted by Gasteiger charge is 2.32. The number of piperidine rings is 1. The van der Waals surface area contributed by atoms with E-state index in [1.165, 1.54) is 11.6 Å². The summed E-state index contributed by atoms with van der Waals surface area (Å²) in [5.74, 6) is -0.464. The van der Waals surface area contributed by atoms with Crippen LogP contribution in [0, 0.1) is 0 Å². The Morgan fingerprint density at radius 2 is 1.83 bits per heavy atom. The molecular formula is C25H29F3N6O2. The number of carbonyl (C=O) groups is 1. The third-order valence-corrected chi connectivity index (χ3v) is 7.13. The van der Waals surface area contributed by atoms with E-state index in [9.17, 15) is 18.0 Å². The Bertz CT molecular complexity index is 1240. The van der Waals surface area contributed by atoms with E-state index in [4.69, 9.17) is 5.73 Å². The molecule has 36 heavy (non-hydrogen) atoms. The fourth-order valence-electron chi connectivity index (χ4n) is 5.08. The SMILES string of the molecule is CN1CCN(c2cnc3[nH]cc(C4CCN(C(=O)c5ccc(OC(F)(F)F)cc5N)CC4)c3c2)CC1. The predicted octanol–water partition coefficient (Wildman–Crippen LogP) is 3.82. The number of carbonyl (C=O) groups excluding carboxylic acids is 1. The molecule has 2 fully saturated rings. The molecule has 0 bridgehead atoms. The zero-order chi connectivity index (χ0) is 25.4. The lowest BCUT2D eigenvalue weighted by atomic mass is 9.89. The standard InChI is InChI=1S/C25H29F3N6O2/c1-32-8-10-33(11-9-32)17-12-20-21(15-31-23(20)30-14-17)16-4-6-34(7-5-16)24(35)19-3-2-18(13-22(19)29)36-25(26,27)28/h2-3,12-16H,4-11,29H2,1H3,(H,30,31). The number of anilines is 2. The van der Waals surface area contributed by atoms with Crippen molar-refractivity contribution >= 4 is 28.3 Å². The number of nitrogens with zero attached hydrogens (tertiary/aromatic N) is 4. The van der Waals surface area contributed by atoms with Gasteiger partial charge >= 0.3 is 6.36 Å². The van der Waals surface area contributed by atoms with Crippen LogP contribution in [-0.2, 0) is 0 Å². The first kappa shape index (κ1) is 24.2. The zero-order valence-electron chi connectivity index (χ0n) is 20.0. The van der Waals surface area contributed by atoms with Crippen molar-refractivity contribution in [3.8, 4) is 5.75 Å². The van der Waals surface area contributed by atoms with Crippen molar-refractivity contribution in [1.29, 1.82) is 0 Å². The summed E-state index contributed by atoms with van der Waals surface area (Å²) in [6.45, 7) is 5.04. The van der Waals surface area contributed by atoms with Crippen LogP contribution in [-0.4, -0.2) is 78.4 Å². The molecule has 4 heterocycles. The van der Waals surface area contributed by atoms with Crippen LogP contribution in [0.3, 0.4) is 0 Å². The minimum Gasteiger partial charge on any atom is -0.406 e. The number of alkyl halides is 3. The number of halogens is 3. The van der Waals surface area contributed by atoms with Crippen LogP contribution in [0.15, 0.2) is 36.7 Å². The monoisotopic (exact) mass is 502 g/mol. The molecule has 11 heteroatoms. The van der Waals surface area contributed by atoms with Crippen molar-refractivity contribution in [2.75, 3.05) is 56.9 Å². The number of aromatic nitrogens is 2. The average molecular weight is 503 g/mol. The van der Waals surface area contributed by atoms with Gasteiger partial charge in [-0.15, -0.1) is 13.2 Å². The van der Waals surface area contributed by atoms with Crippen LogP contribution >= 0.6 is 0 Å². The number of likely N-dealkylation sites (tertiary alicyclic amines) is 1. The number of likely N-dealkylation sites (N-methyl/N-ethyl adjacent to an activating group) is 1. The first-order valence-corrected chi connectivity index (χ1v) is 12.0. The summed E-state index contributed by atoms with van der Waals surface area (Å²) in [7, 11) is 2.13. The van der Waals surface area contributed by atoms with Crippen LogP contribution in [0.1, 0.15) is 34.7 Å². The smallest absolute Gasteiger partial charge is 0.406 e. The number of rotatable bonds is 4. The average Bonchev–Trinajstić information content (AvgIpc) is 3.27. The molecule has 3 N–H and O–H groups in total. The molecule has 0 unspecified atom stereocenters. The van der Waals surface area contributed by atoms with Crippen molar-refractivity contribution in [3.63, 3.8) is 0 Å². The molecule has 1 aromatic carbocycles. The molecular weight excluding hydrogens is 473 g/mol. The van der Waals surface area contributed by atoms with Gasteiger partial charge in [-0.3, -0.25) is 4.79 Å².